The van der Waals surface area contributed by atoms with Crippen molar-refractivity contribution in [1.29, 1.82) is 0 Å². The second kappa shape index (κ2) is 9.41. The SMILES string of the molecule is CC(C)(C)Cc1ccc2c(c1)[C@@H](NC[C@@H](O)[C@@H](N)Cc1cc(F)cc(F)c1)CCO2. The molecule has 0 saturated carbocycles. The van der Waals surface area contributed by atoms with E-state index in [9.17, 15) is 13.9 Å². The number of aliphatic hydroxyl groups is 1. The standard InChI is InChI=1S/C24H32F2N2O2/c1-24(2,3)13-15-4-5-23-19(10-15)21(6-7-30-23)28-14-22(29)20(27)11-16-8-17(25)12-18(26)9-16/h4-5,8-10,12,20-22,28-29H,6-7,11,13-14,27H2,1-3H3/t20-,21-,22+/m0/s1. The molecule has 3 atom stereocenters. The molecule has 1 heterocycles. The minimum Gasteiger partial charge on any atom is -0.493 e. The van der Waals surface area contributed by atoms with Crippen molar-refractivity contribution in [2.45, 2.75) is 58.2 Å². The second-order valence-electron chi connectivity index (χ2n) is 9.42. The molecule has 2 aromatic rings. The third-order valence-electron chi connectivity index (χ3n) is 5.31. The van der Waals surface area contributed by atoms with Crippen LogP contribution in [0.25, 0.3) is 0 Å². The molecule has 164 valence electrons. The Bertz CT molecular complexity index is 847. The van der Waals surface area contributed by atoms with Gasteiger partial charge in [-0.05, 0) is 47.6 Å². The fraction of sp³-hybridized carbons (Fsp3) is 0.500. The first kappa shape index (κ1) is 22.7. The van der Waals surface area contributed by atoms with Crippen LogP contribution in [0.15, 0.2) is 36.4 Å². The Balaban J connectivity index is 1.62. The zero-order valence-corrected chi connectivity index (χ0v) is 17.9. The van der Waals surface area contributed by atoms with Gasteiger partial charge < -0.3 is 20.9 Å². The molecule has 0 fully saturated rings. The summed E-state index contributed by atoms with van der Waals surface area (Å²) in [6.45, 7) is 7.52. The lowest BCUT2D eigenvalue weighted by Crippen LogP contribution is -2.44. The zero-order chi connectivity index (χ0) is 21.9. The minimum absolute atomic E-state index is 0.0575. The van der Waals surface area contributed by atoms with E-state index in [2.05, 4.69) is 38.2 Å². The number of nitrogens with two attached hydrogens (primary N) is 1. The molecule has 1 aliphatic rings. The molecule has 3 rings (SSSR count). The Hall–Kier alpha value is -2.02. The molecule has 4 N–H and O–H groups in total. The van der Waals surface area contributed by atoms with Crippen LogP contribution < -0.4 is 15.8 Å². The first-order valence-electron chi connectivity index (χ1n) is 10.5. The van der Waals surface area contributed by atoms with Gasteiger partial charge in [0.25, 0.3) is 0 Å². The smallest absolute Gasteiger partial charge is 0.126 e. The van der Waals surface area contributed by atoms with E-state index in [1.165, 1.54) is 17.7 Å². The van der Waals surface area contributed by atoms with Crippen molar-refractivity contribution in [2.24, 2.45) is 11.1 Å². The molecule has 1 aliphatic heterocycles. The van der Waals surface area contributed by atoms with Crippen molar-refractivity contribution in [3.8, 4) is 5.75 Å². The summed E-state index contributed by atoms with van der Waals surface area (Å²) in [6.07, 6.45) is 1.10. The highest BCUT2D eigenvalue weighted by molar-refractivity contribution is 5.41. The number of aliphatic hydroxyl groups excluding tert-OH is 1. The molecular weight excluding hydrogens is 386 g/mol. The van der Waals surface area contributed by atoms with Crippen LogP contribution >= 0.6 is 0 Å². The first-order valence-corrected chi connectivity index (χ1v) is 10.5. The van der Waals surface area contributed by atoms with E-state index < -0.39 is 23.8 Å². The predicted molar refractivity (Wildman–Crippen MR) is 115 cm³/mol. The van der Waals surface area contributed by atoms with Crippen LogP contribution in [0.1, 0.15) is 49.9 Å². The topological polar surface area (TPSA) is 67.5 Å². The molecule has 0 spiro atoms. The summed E-state index contributed by atoms with van der Waals surface area (Å²) in [5.74, 6) is -0.421. The number of hydrogen-bond acceptors (Lipinski definition) is 4. The molecule has 0 bridgehead atoms. The van der Waals surface area contributed by atoms with E-state index in [4.69, 9.17) is 10.5 Å². The molecule has 0 amide bonds. The second-order valence-corrected chi connectivity index (χ2v) is 9.42. The first-order chi connectivity index (χ1) is 14.1. The Morgan fingerprint density at radius 1 is 1.13 bits per heavy atom. The van der Waals surface area contributed by atoms with E-state index in [-0.39, 0.29) is 24.4 Å². The number of benzene rings is 2. The summed E-state index contributed by atoms with van der Waals surface area (Å²) in [6, 6.07) is 9.04. The Morgan fingerprint density at radius 2 is 1.83 bits per heavy atom. The largest absolute Gasteiger partial charge is 0.493 e. The minimum atomic E-state index is -0.847. The van der Waals surface area contributed by atoms with Crippen LogP contribution in [0.2, 0.25) is 0 Å². The molecule has 0 radical (unpaired) electrons. The van der Waals surface area contributed by atoms with Crippen molar-refractivity contribution in [3.63, 3.8) is 0 Å². The van der Waals surface area contributed by atoms with Gasteiger partial charge in [0.15, 0.2) is 0 Å². The molecule has 30 heavy (non-hydrogen) atoms. The molecule has 0 aromatic heterocycles. The molecule has 6 heteroatoms. The Morgan fingerprint density at radius 3 is 2.50 bits per heavy atom. The summed E-state index contributed by atoms with van der Waals surface area (Å²) in [5.41, 5.74) is 9.06. The van der Waals surface area contributed by atoms with Gasteiger partial charge in [-0.1, -0.05) is 32.9 Å². The van der Waals surface area contributed by atoms with Crippen molar-refractivity contribution in [2.75, 3.05) is 13.2 Å². The number of hydrogen-bond donors (Lipinski definition) is 3. The summed E-state index contributed by atoms with van der Waals surface area (Å²) in [5, 5.41) is 13.9. The fourth-order valence-corrected chi connectivity index (χ4v) is 3.93. The van der Waals surface area contributed by atoms with Gasteiger partial charge in [-0.2, -0.15) is 0 Å². The van der Waals surface area contributed by atoms with Gasteiger partial charge in [-0.15, -0.1) is 0 Å². The Kier molecular flexibility index (Phi) is 7.11. The van der Waals surface area contributed by atoms with Crippen LogP contribution in [-0.4, -0.2) is 30.4 Å². The third-order valence-corrected chi connectivity index (χ3v) is 5.31. The highest BCUT2D eigenvalue weighted by Crippen LogP contribution is 2.34. The van der Waals surface area contributed by atoms with Crippen LogP contribution in [0.3, 0.4) is 0 Å². The maximum Gasteiger partial charge on any atom is 0.126 e. The van der Waals surface area contributed by atoms with Crippen LogP contribution in [0.5, 0.6) is 5.75 Å². The predicted octanol–water partition coefficient (Wildman–Crippen LogP) is 3.90. The van der Waals surface area contributed by atoms with E-state index >= 15 is 0 Å². The van der Waals surface area contributed by atoms with E-state index in [1.54, 1.807) is 0 Å². The molecule has 0 aliphatic carbocycles. The molecule has 4 nitrogen and oxygen atoms in total. The van der Waals surface area contributed by atoms with E-state index in [1.807, 2.05) is 6.07 Å². The lowest BCUT2D eigenvalue weighted by Gasteiger charge is -2.30. The van der Waals surface area contributed by atoms with Crippen molar-refractivity contribution in [3.05, 3.63) is 64.7 Å². The van der Waals surface area contributed by atoms with Crippen LogP contribution in [0, 0.1) is 17.0 Å². The number of rotatable bonds is 7. The summed E-state index contributed by atoms with van der Waals surface area (Å²) < 4.78 is 32.6. The monoisotopic (exact) mass is 418 g/mol. The van der Waals surface area contributed by atoms with Crippen molar-refractivity contribution >= 4 is 0 Å². The summed E-state index contributed by atoms with van der Waals surface area (Å²) in [4.78, 5) is 0. The highest BCUT2D eigenvalue weighted by atomic mass is 19.1. The van der Waals surface area contributed by atoms with Crippen molar-refractivity contribution in [1.82, 2.24) is 5.32 Å². The van der Waals surface area contributed by atoms with Gasteiger partial charge in [-0.25, -0.2) is 8.78 Å². The normalized spacial score (nSPS) is 18.4. The van der Waals surface area contributed by atoms with Crippen LogP contribution in [0.4, 0.5) is 8.78 Å². The maximum atomic E-state index is 13.4. The van der Waals surface area contributed by atoms with Gasteiger partial charge >= 0.3 is 0 Å². The third kappa shape index (κ3) is 6.24. The fourth-order valence-electron chi connectivity index (χ4n) is 3.93. The molecule has 0 unspecified atom stereocenters. The number of nitrogens with one attached hydrogen (secondary N) is 1. The summed E-state index contributed by atoms with van der Waals surface area (Å²) in [7, 11) is 0. The van der Waals surface area contributed by atoms with E-state index in [0.29, 0.717) is 12.2 Å². The van der Waals surface area contributed by atoms with Gasteiger partial charge in [0.1, 0.15) is 17.4 Å². The van der Waals surface area contributed by atoms with Gasteiger partial charge in [0, 0.05) is 36.7 Å². The van der Waals surface area contributed by atoms with Gasteiger partial charge in [-0.3, -0.25) is 0 Å². The van der Waals surface area contributed by atoms with E-state index in [0.717, 1.165) is 30.2 Å². The quantitative estimate of drug-likeness (QED) is 0.638. The molecule has 0 saturated heterocycles. The van der Waals surface area contributed by atoms with Gasteiger partial charge in [0.2, 0.25) is 0 Å². The van der Waals surface area contributed by atoms with Gasteiger partial charge in [0.05, 0.1) is 12.7 Å². The Labute approximate surface area is 177 Å². The lowest BCUT2D eigenvalue weighted by atomic mass is 9.86. The molecule has 2 aromatic carbocycles. The summed E-state index contributed by atoms with van der Waals surface area (Å²) >= 11 is 0. The lowest BCUT2D eigenvalue weighted by molar-refractivity contribution is 0.133. The number of halogens is 2. The average Bonchev–Trinajstić information content (AvgIpc) is 2.63. The average molecular weight is 419 g/mol. The van der Waals surface area contributed by atoms with Crippen molar-refractivity contribution < 1.29 is 18.6 Å². The number of ether oxygens (including phenoxy) is 1. The van der Waals surface area contributed by atoms with Crippen LogP contribution in [-0.2, 0) is 12.8 Å². The molecular formula is C24H32F2N2O2. The number of fused-ring (bicyclic) bond motifs is 1. The maximum absolute atomic E-state index is 13.4. The highest BCUT2D eigenvalue weighted by Gasteiger charge is 2.24. The zero-order valence-electron chi connectivity index (χ0n) is 17.9.